The Morgan fingerprint density at radius 3 is 2.33 bits per heavy atom. The molecule has 43 heavy (non-hydrogen) atoms. The Morgan fingerprint density at radius 1 is 1.07 bits per heavy atom. The van der Waals surface area contributed by atoms with Gasteiger partial charge in [0, 0.05) is 73.1 Å². The molecule has 8 nitrogen and oxygen atoms in total. The maximum absolute atomic E-state index is 15.3. The SMILES string of the molecule is COc1cc(F)c([C@@H]2CN(c3nc(N4CCN(C)CC4)ccc3C(F)F)C(=O)C2C=NC(=O)c2ccc(Cl)cc2)c(F)c1. The maximum atomic E-state index is 15.3. The highest BCUT2D eigenvalue weighted by Crippen LogP contribution is 2.41. The number of halogens is 5. The van der Waals surface area contributed by atoms with E-state index in [0.717, 1.165) is 36.3 Å². The normalized spacial score (nSPS) is 19.6. The van der Waals surface area contributed by atoms with Gasteiger partial charge in [0.15, 0.2) is 0 Å². The summed E-state index contributed by atoms with van der Waals surface area (Å²) in [6.07, 6.45) is -1.97. The number of hydrogen-bond donors (Lipinski definition) is 0. The van der Waals surface area contributed by atoms with E-state index in [0.29, 0.717) is 23.9 Å². The van der Waals surface area contributed by atoms with Crippen LogP contribution < -0.4 is 14.5 Å². The fraction of sp³-hybridized carbons (Fsp3) is 0.333. The topological polar surface area (TPSA) is 78.3 Å². The third-order valence-corrected chi connectivity index (χ3v) is 7.93. The van der Waals surface area contributed by atoms with Gasteiger partial charge in [-0.1, -0.05) is 11.6 Å². The zero-order valence-electron chi connectivity index (χ0n) is 23.3. The molecular formula is C30H28ClF4N5O3. The lowest BCUT2D eigenvalue weighted by Crippen LogP contribution is -2.45. The number of piperazine rings is 1. The fourth-order valence-corrected chi connectivity index (χ4v) is 5.40. The lowest BCUT2D eigenvalue weighted by Gasteiger charge is -2.34. The molecular weight excluding hydrogens is 590 g/mol. The molecule has 0 bridgehead atoms. The predicted molar refractivity (Wildman–Crippen MR) is 155 cm³/mol. The second-order valence-electron chi connectivity index (χ2n) is 10.3. The number of aromatic nitrogens is 1. The number of anilines is 2. The van der Waals surface area contributed by atoms with Crippen molar-refractivity contribution in [3.63, 3.8) is 0 Å². The standard InChI is InChI=1S/C30H28ClF4N5O3/c1-38-9-11-39(12-10-38)25-8-7-20(27(34)35)28(37-25)40-16-22(26-23(32)13-19(43-2)14-24(26)33)21(30(40)42)15-36-29(41)17-3-5-18(31)6-4-17/h3-8,13-15,21-22,27H,9-12,16H2,1-2H3/t21?,22-/m1/s1. The second-order valence-corrected chi connectivity index (χ2v) is 10.8. The Morgan fingerprint density at radius 2 is 1.72 bits per heavy atom. The van der Waals surface area contributed by atoms with Crippen LogP contribution in [0.1, 0.15) is 33.8 Å². The van der Waals surface area contributed by atoms with Crippen LogP contribution in [0.5, 0.6) is 5.75 Å². The molecule has 1 unspecified atom stereocenters. The zero-order chi connectivity index (χ0) is 30.8. The molecule has 3 aromatic rings. The van der Waals surface area contributed by atoms with E-state index < -0.39 is 52.8 Å². The summed E-state index contributed by atoms with van der Waals surface area (Å²) in [5.74, 6) is -6.07. The number of methoxy groups -OCH3 is 1. The van der Waals surface area contributed by atoms with Crippen LogP contribution in [0.3, 0.4) is 0 Å². The molecule has 5 rings (SSSR count). The molecule has 2 fully saturated rings. The minimum absolute atomic E-state index is 0.0791. The first-order chi connectivity index (χ1) is 20.6. The van der Waals surface area contributed by atoms with Crippen molar-refractivity contribution in [1.82, 2.24) is 9.88 Å². The first-order valence-corrected chi connectivity index (χ1v) is 13.9. The van der Waals surface area contributed by atoms with E-state index in [1.165, 1.54) is 43.5 Å². The smallest absolute Gasteiger partial charge is 0.276 e. The number of aliphatic imine (C=N–C) groups is 1. The number of hydrogen-bond acceptors (Lipinski definition) is 6. The van der Waals surface area contributed by atoms with Gasteiger partial charge in [-0.15, -0.1) is 0 Å². The van der Waals surface area contributed by atoms with Crippen molar-refractivity contribution in [3.8, 4) is 5.75 Å². The Bertz CT molecular complexity index is 1520. The van der Waals surface area contributed by atoms with Gasteiger partial charge in [-0.25, -0.2) is 27.5 Å². The molecule has 0 N–H and O–H groups in total. The number of alkyl halides is 2. The number of rotatable bonds is 7. The van der Waals surface area contributed by atoms with Gasteiger partial charge >= 0.3 is 0 Å². The summed E-state index contributed by atoms with van der Waals surface area (Å²) in [5, 5.41) is 0.397. The van der Waals surface area contributed by atoms with E-state index in [-0.39, 0.29) is 23.7 Å². The summed E-state index contributed by atoms with van der Waals surface area (Å²) >= 11 is 5.89. The van der Waals surface area contributed by atoms with Gasteiger partial charge in [-0.05, 0) is 43.4 Å². The largest absolute Gasteiger partial charge is 0.497 e. The summed E-state index contributed by atoms with van der Waals surface area (Å²) < 4.78 is 64.0. The molecule has 0 spiro atoms. The van der Waals surface area contributed by atoms with E-state index in [1.807, 2.05) is 11.9 Å². The van der Waals surface area contributed by atoms with Gasteiger partial charge in [0.25, 0.3) is 12.3 Å². The number of nitrogens with zero attached hydrogens (tertiary/aromatic N) is 5. The maximum Gasteiger partial charge on any atom is 0.276 e. The van der Waals surface area contributed by atoms with E-state index in [1.54, 1.807) is 0 Å². The van der Waals surface area contributed by atoms with Crippen LogP contribution in [-0.2, 0) is 4.79 Å². The molecule has 0 radical (unpaired) electrons. The van der Waals surface area contributed by atoms with E-state index >= 15 is 8.78 Å². The zero-order valence-corrected chi connectivity index (χ0v) is 24.1. The number of likely N-dealkylation sites (N-methyl/N-ethyl adjacent to an activating group) is 1. The van der Waals surface area contributed by atoms with Crippen LogP contribution in [0, 0.1) is 17.6 Å². The van der Waals surface area contributed by atoms with Gasteiger partial charge in [0.05, 0.1) is 18.6 Å². The van der Waals surface area contributed by atoms with Crippen LogP contribution in [-0.4, -0.2) is 74.8 Å². The van der Waals surface area contributed by atoms with Crippen molar-refractivity contribution in [3.05, 3.63) is 81.9 Å². The lowest BCUT2D eigenvalue weighted by molar-refractivity contribution is -0.118. The first kappa shape index (κ1) is 30.4. The highest BCUT2D eigenvalue weighted by molar-refractivity contribution is 6.30. The van der Waals surface area contributed by atoms with Crippen LogP contribution in [0.15, 0.2) is 53.5 Å². The van der Waals surface area contributed by atoms with Crippen molar-refractivity contribution in [2.75, 3.05) is 56.7 Å². The van der Waals surface area contributed by atoms with Crippen molar-refractivity contribution in [2.24, 2.45) is 10.9 Å². The Kier molecular flexibility index (Phi) is 8.97. The van der Waals surface area contributed by atoms with Gasteiger partial charge in [-0.2, -0.15) is 0 Å². The number of ether oxygens (including phenoxy) is 1. The number of pyridine rings is 1. The third-order valence-electron chi connectivity index (χ3n) is 7.68. The molecule has 0 saturated carbocycles. The monoisotopic (exact) mass is 617 g/mol. The summed E-state index contributed by atoms with van der Waals surface area (Å²) in [7, 11) is 3.22. The van der Waals surface area contributed by atoms with E-state index in [4.69, 9.17) is 16.3 Å². The summed E-state index contributed by atoms with van der Waals surface area (Å²) in [6.45, 7) is 2.27. The van der Waals surface area contributed by atoms with Gasteiger partial charge in [-0.3, -0.25) is 14.5 Å². The molecule has 3 heterocycles. The molecule has 2 amide bonds. The van der Waals surface area contributed by atoms with Crippen LogP contribution in [0.2, 0.25) is 5.02 Å². The predicted octanol–water partition coefficient (Wildman–Crippen LogP) is 5.37. The number of carbonyl (C=O) groups excluding carboxylic acids is 2. The minimum Gasteiger partial charge on any atom is -0.497 e. The Balaban J connectivity index is 1.56. The van der Waals surface area contributed by atoms with Crippen molar-refractivity contribution < 1.29 is 31.9 Å². The molecule has 2 aliphatic rings. The van der Waals surface area contributed by atoms with Crippen LogP contribution >= 0.6 is 11.6 Å². The van der Waals surface area contributed by atoms with Gasteiger partial charge in [0.2, 0.25) is 5.91 Å². The molecule has 0 aliphatic carbocycles. The molecule has 2 aromatic carbocycles. The molecule has 2 aliphatic heterocycles. The number of benzene rings is 2. The quantitative estimate of drug-likeness (QED) is 0.262. The third kappa shape index (κ3) is 6.35. The van der Waals surface area contributed by atoms with E-state index in [9.17, 15) is 18.4 Å². The Hall–Kier alpha value is -4.03. The minimum atomic E-state index is -2.98. The fourth-order valence-electron chi connectivity index (χ4n) is 5.28. The summed E-state index contributed by atoms with van der Waals surface area (Å²) in [4.78, 5) is 40.0. The van der Waals surface area contributed by atoms with Crippen molar-refractivity contribution in [2.45, 2.75) is 12.3 Å². The van der Waals surface area contributed by atoms with Crippen LogP contribution in [0.4, 0.5) is 29.2 Å². The van der Waals surface area contributed by atoms with Crippen LogP contribution in [0.25, 0.3) is 0 Å². The lowest BCUT2D eigenvalue weighted by atomic mass is 9.88. The highest BCUT2D eigenvalue weighted by Gasteiger charge is 2.45. The molecule has 13 heteroatoms. The first-order valence-electron chi connectivity index (χ1n) is 13.5. The van der Waals surface area contributed by atoms with Crippen molar-refractivity contribution >= 4 is 41.3 Å². The highest BCUT2D eigenvalue weighted by atomic mass is 35.5. The number of amides is 2. The van der Waals surface area contributed by atoms with Gasteiger partial charge < -0.3 is 14.5 Å². The molecule has 2 saturated heterocycles. The number of carbonyl (C=O) groups is 2. The average molecular weight is 618 g/mol. The summed E-state index contributed by atoms with van der Waals surface area (Å²) in [6, 6.07) is 10.5. The Labute approximate surface area is 250 Å². The molecule has 2 atom stereocenters. The molecule has 226 valence electrons. The second kappa shape index (κ2) is 12.7. The van der Waals surface area contributed by atoms with Crippen molar-refractivity contribution in [1.29, 1.82) is 0 Å². The van der Waals surface area contributed by atoms with E-state index in [2.05, 4.69) is 14.9 Å². The molecule has 1 aromatic heterocycles. The van der Waals surface area contributed by atoms with Gasteiger partial charge in [0.1, 0.15) is 29.0 Å². The average Bonchev–Trinajstić information content (AvgIpc) is 3.30. The summed E-state index contributed by atoms with van der Waals surface area (Å²) in [5.41, 5.74) is -0.792.